The van der Waals surface area contributed by atoms with Gasteiger partial charge in [-0.05, 0) is 43.3 Å². The lowest BCUT2D eigenvalue weighted by molar-refractivity contribution is 0.453. The molecule has 0 aliphatic carbocycles. The third kappa shape index (κ3) is 2.12. The second-order valence-electron chi connectivity index (χ2n) is 5.11. The number of hydrogen-bond acceptors (Lipinski definition) is 1. The average molecular weight is 291 g/mol. The highest BCUT2D eigenvalue weighted by Gasteiger charge is 2.38. The normalized spacial score (nSPS) is 13.2. The van der Waals surface area contributed by atoms with Crippen LogP contribution in [0.2, 0.25) is 0 Å². The molecule has 0 amide bonds. The van der Waals surface area contributed by atoms with E-state index in [1.54, 1.807) is 0 Å². The van der Waals surface area contributed by atoms with Gasteiger partial charge in [-0.3, -0.25) is 0 Å². The SMILES string of the molecule is Cc1ccc([S+]2c3ccccc3Oc3ccccc32)cc1. The molecule has 0 saturated carbocycles. The highest BCUT2D eigenvalue weighted by Crippen LogP contribution is 2.46. The van der Waals surface area contributed by atoms with Crippen molar-refractivity contribution in [2.24, 2.45) is 0 Å². The number of rotatable bonds is 1. The first-order valence-electron chi connectivity index (χ1n) is 7.00. The first kappa shape index (κ1) is 12.5. The Balaban J connectivity index is 1.95. The van der Waals surface area contributed by atoms with E-state index in [9.17, 15) is 0 Å². The maximum absolute atomic E-state index is 6.06. The summed E-state index contributed by atoms with van der Waals surface area (Å²) in [6.45, 7) is 2.12. The van der Waals surface area contributed by atoms with Gasteiger partial charge < -0.3 is 4.74 Å². The summed E-state index contributed by atoms with van der Waals surface area (Å²) < 4.78 is 6.06. The predicted molar refractivity (Wildman–Crippen MR) is 86.3 cm³/mol. The molecule has 0 unspecified atom stereocenters. The van der Waals surface area contributed by atoms with Gasteiger partial charge >= 0.3 is 0 Å². The fourth-order valence-electron chi connectivity index (χ4n) is 2.57. The van der Waals surface area contributed by atoms with Crippen molar-refractivity contribution in [1.82, 2.24) is 0 Å². The summed E-state index contributed by atoms with van der Waals surface area (Å²) in [5.74, 6) is 1.94. The zero-order valence-corrected chi connectivity index (χ0v) is 12.6. The van der Waals surface area contributed by atoms with Gasteiger partial charge in [-0.25, -0.2) is 0 Å². The fraction of sp³-hybridized carbons (Fsp3) is 0.0526. The zero-order valence-electron chi connectivity index (χ0n) is 11.7. The molecule has 0 radical (unpaired) electrons. The van der Waals surface area contributed by atoms with Crippen molar-refractivity contribution in [2.75, 3.05) is 0 Å². The number of para-hydroxylation sites is 2. The van der Waals surface area contributed by atoms with Gasteiger partial charge in [0.05, 0.1) is 0 Å². The molecule has 1 aliphatic rings. The molecular formula is C19H15OS+. The second-order valence-corrected chi connectivity index (χ2v) is 7.08. The van der Waals surface area contributed by atoms with E-state index in [-0.39, 0.29) is 10.9 Å². The fourth-order valence-corrected chi connectivity index (χ4v) is 4.78. The highest BCUT2D eigenvalue weighted by atomic mass is 32.2. The molecule has 3 aromatic carbocycles. The van der Waals surface area contributed by atoms with Crippen molar-refractivity contribution < 1.29 is 4.74 Å². The van der Waals surface area contributed by atoms with Crippen LogP contribution in [0.25, 0.3) is 0 Å². The molecule has 0 bridgehead atoms. The van der Waals surface area contributed by atoms with Crippen LogP contribution >= 0.6 is 0 Å². The van der Waals surface area contributed by atoms with Crippen molar-refractivity contribution in [1.29, 1.82) is 0 Å². The second kappa shape index (κ2) is 4.97. The smallest absolute Gasteiger partial charge is 0.209 e. The number of aryl methyl sites for hydroxylation is 1. The van der Waals surface area contributed by atoms with E-state index in [2.05, 4.69) is 67.6 Å². The van der Waals surface area contributed by atoms with E-state index in [0.29, 0.717) is 0 Å². The Morgan fingerprint density at radius 3 is 1.76 bits per heavy atom. The Morgan fingerprint density at radius 2 is 1.19 bits per heavy atom. The number of benzene rings is 3. The van der Waals surface area contributed by atoms with Crippen LogP contribution in [0.3, 0.4) is 0 Å². The van der Waals surface area contributed by atoms with Crippen LogP contribution in [-0.4, -0.2) is 0 Å². The van der Waals surface area contributed by atoms with Gasteiger partial charge in [-0.2, -0.15) is 0 Å². The topological polar surface area (TPSA) is 9.23 Å². The predicted octanol–water partition coefficient (Wildman–Crippen LogP) is 5.20. The number of ether oxygens (including phenoxy) is 1. The first-order chi connectivity index (χ1) is 10.3. The van der Waals surface area contributed by atoms with Crippen molar-refractivity contribution >= 4 is 10.9 Å². The molecule has 0 fully saturated rings. The monoisotopic (exact) mass is 291 g/mol. The molecular weight excluding hydrogens is 276 g/mol. The molecule has 3 aromatic rings. The third-order valence-corrected chi connectivity index (χ3v) is 5.91. The lowest BCUT2D eigenvalue weighted by Crippen LogP contribution is -2.12. The Hall–Kier alpha value is -2.19. The molecule has 0 spiro atoms. The summed E-state index contributed by atoms with van der Waals surface area (Å²) >= 11 is 0. The van der Waals surface area contributed by atoms with E-state index < -0.39 is 0 Å². The molecule has 4 rings (SSSR count). The van der Waals surface area contributed by atoms with Gasteiger partial charge in [-0.15, -0.1) is 0 Å². The van der Waals surface area contributed by atoms with E-state index in [0.717, 1.165) is 11.5 Å². The molecule has 0 saturated heterocycles. The quantitative estimate of drug-likeness (QED) is 0.438. The van der Waals surface area contributed by atoms with Crippen LogP contribution in [0.15, 0.2) is 87.5 Å². The van der Waals surface area contributed by atoms with Crippen LogP contribution in [0.5, 0.6) is 11.5 Å². The summed E-state index contributed by atoms with van der Waals surface area (Å²) in [6, 6.07) is 25.5. The van der Waals surface area contributed by atoms with Gasteiger partial charge in [0, 0.05) is 0 Å². The molecule has 102 valence electrons. The summed E-state index contributed by atoms with van der Waals surface area (Å²) in [6.07, 6.45) is 0. The first-order valence-corrected chi connectivity index (χ1v) is 8.22. The highest BCUT2D eigenvalue weighted by molar-refractivity contribution is 7.97. The summed E-state index contributed by atoms with van der Waals surface area (Å²) in [7, 11) is -0.0912. The van der Waals surface area contributed by atoms with E-state index in [1.165, 1.54) is 20.2 Å². The molecule has 2 heteroatoms. The van der Waals surface area contributed by atoms with E-state index in [1.807, 2.05) is 12.1 Å². The third-order valence-electron chi connectivity index (χ3n) is 3.61. The van der Waals surface area contributed by atoms with Crippen LogP contribution in [0.4, 0.5) is 0 Å². The average Bonchev–Trinajstić information content (AvgIpc) is 2.53. The summed E-state index contributed by atoms with van der Waals surface area (Å²) in [5, 5.41) is 0. The minimum absolute atomic E-state index is 0.0912. The molecule has 21 heavy (non-hydrogen) atoms. The lowest BCUT2D eigenvalue weighted by Gasteiger charge is -2.19. The van der Waals surface area contributed by atoms with Crippen LogP contribution in [0, 0.1) is 6.92 Å². The van der Waals surface area contributed by atoms with Gasteiger partial charge in [0.1, 0.15) is 10.9 Å². The molecule has 0 atom stereocenters. The Bertz CT molecular complexity index is 747. The largest absolute Gasteiger partial charge is 0.447 e. The number of fused-ring (bicyclic) bond motifs is 2. The van der Waals surface area contributed by atoms with E-state index in [4.69, 9.17) is 4.74 Å². The Labute approximate surface area is 127 Å². The van der Waals surface area contributed by atoms with Gasteiger partial charge in [0.25, 0.3) is 0 Å². The van der Waals surface area contributed by atoms with Gasteiger partial charge in [-0.1, -0.05) is 42.0 Å². The van der Waals surface area contributed by atoms with Gasteiger partial charge in [0.15, 0.2) is 16.4 Å². The van der Waals surface area contributed by atoms with Crippen molar-refractivity contribution in [3.63, 3.8) is 0 Å². The summed E-state index contributed by atoms with van der Waals surface area (Å²) in [4.78, 5) is 3.86. The van der Waals surface area contributed by atoms with Crippen molar-refractivity contribution in [3.8, 4) is 11.5 Å². The van der Waals surface area contributed by atoms with Crippen molar-refractivity contribution in [3.05, 3.63) is 78.4 Å². The molecule has 1 nitrogen and oxygen atoms in total. The molecule has 0 aromatic heterocycles. The van der Waals surface area contributed by atoms with Gasteiger partial charge in [0.2, 0.25) is 9.79 Å². The Kier molecular flexibility index (Phi) is 2.97. The van der Waals surface area contributed by atoms with Crippen molar-refractivity contribution in [2.45, 2.75) is 21.6 Å². The molecule has 1 aliphatic heterocycles. The maximum atomic E-state index is 6.06. The van der Waals surface area contributed by atoms with Crippen LogP contribution < -0.4 is 4.74 Å². The maximum Gasteiger partial charge on any atom is 0.209 e. The van der Waals surface area contributed by atoms with Crippen LogP contribution in [-0.2, 0) is 10.9 Å². The van der Waals surface area contributed by atoms with Crippen LogP contribution in [0.1, 0.15) is 5.56 Å². The zero-order chi connectivity index (χ0) is 14.2. The lowest BCUT2D eigenvalue weighted by atomic mass is 10.2. The minimum Gasteiger partial charge on any atom is -0.447 e. The standard InChI is InChI=1S/C19H15OS/c1-14-10-12-15(13-11-14)21-18-8-4-2-6-16(18)20-17-7-3-5-9-19(17)21/h2-13H,1H3/q+1. The minimum atomic E-state index is -0.0912. The molecule has 1 heterocycles. The number of hydrogen-bond donors (Lipinski definition) is 0. The van der Waals surface area contributed by atoms with E-state index >= 15 is 0 Å². The summed E-state index contributed by atoms with van der Waals surface area (Å²) in [5.41, 5.74) is 1.29. The molecule has 0 N–H and O–H groups in total. The Morgan fingerprint density at radius 1 is 0.667 bits per heavy atom.